The molecular weight excluding hydrogens is 255 g/mol. The summed E-state index contributed by atoms with van der Waals surface area (Å²) in [5, 5.41) is -0.899. The van der Waals surface area contributed by atoms with Crippen molar-refractivity contribution in [2.75, 3.05) is 4.31 Å². The smallest absolute Gasteiger partial charge is 0.206 e. The van der Waals surface area contributed by atoms with Crippen LogP contribution in [0.5, 0.6) is 0 Å². The van der Waals surface area contributed by atoms with Crippen molar-refractivity contribution in [3.05, 3.63) is 30.3 Å². The molecule has 1 aromatic rings. The summed E-state index contributed by atoms with van der Waals surface area (Å²) in [5.41, 5.74) is -0.369. The molecule has 0 atom stereocenters. The number of hydrogen-bond donors (Lipinski definition) is 0. The minimum absolute atomic E-state index is 0.293. The number of halogens is 3. The van der Waals surface area contributed by atoms with Crippen LogP contribution in [0.1, 0.15) is 12.8 Å². The van der Waals surface area contributed by atoms with Crippen LogP contribution in [0, 0.1) is 0 Å². The Kier molecular flexibility index (Phi) is 2.81. The van der Waals surface area contributed by atoms with Crippen molar-refractivity contribution in [2.24, 2.45) is 0 Å². The molecular formula is C10H10F3NO2S. The molecule has 94 valence electrons. The second-order valence-corrected chi connectivity index (χ2v) is 5.87. The summed E-state index contributed by atoms with van der Waals surface area (Å²) in [6.45, 7) is 0. The lowest BCUT2D eigenvalue weighted by Crippen LogP contribution is -2.44. The lowest BCUT2D eigenvalue weighted by molar-refractivity contribution is -0.115. The van der Waals surface area contributed by atoms with Crippen molar-refractivity contribution in [1.82, 2.24) is 0 Å². The van der Waals surface area contributed by atoms with Crippen molar-refractivity contribution in [3.63, 3.8) is 0 Å². The molecule has 2 rings (SSSR count). The van der Waals surface area contributed by atoms with Gasteiger partial charge in [-0.05, 0) is 25.0 Å². The number of sulfonamides is 1. The van der Waals surface area contributed by atoms with E-state index in [0.29, 0.717) is 12.8 Å². The Morgan fingerprint density at radius 2 is 1.65 bits per heavy atom. The van der Waals surface area contributed by atoms with Crippen molar-refractivity contribution in [3.8, 4) is 0 Å². The lowest BCUT2D eigenvalue weighted by atomic mass is 10.3. The summed E-state index contributed by atoms with van der Waals surface area (Å²) < 4.78 is 61.6. The van der Waals surface area contributed by atoms with Gasteiger partial charge in [-0.15, -0.1) is 13.2 Å². The third kappa shape index (κ3) is 2.38. The standard InChI is InChI=1S/C10H10F3NO2S/c11-10(12,13)14(8-4-2-1-3-5-8)17(15,16)9-6-7-9/h1-5,9H,6-7H2. The van der Waals surface area contributed by atoms with Crippen LogP contribution >= 0.6 is 0 Å². The number of alkyl halides is 3. The second kappa shape index (κ2) is 3.90. The molecule has 0 radical (unpaired) electrons. The first-order chi connectivity index (χ1) is 7.83. The minimum atomic E-state index is -4.93. The van der Waals surface area contributed by atoms with Crippen molar-refractivity contribution < 1.29 is 21.6 Å². The van der Waals surface area contributed by atoms with Crippen molar-refractivity contribution >= 4 is 15.7 Å². The maximum absolute atomic E-state index is 12.8. The van der Waals surface area contributed by atoms with Crippen LogP contribution in [0.25, 0.3) is 0 Å². The molecule has 1 aliphatic rings. The molecule has 0 spiro atoms. The Morgan fingerprint density at radius 1 is 1.12 bits per heavy atom. The maximum Gasteiger partial charge on any atom is 0.498 e. The highest BCUT2D eigenvalue weighted by Crippen LogP contribution is 2.39. The number of rotatable bonds is 3. The third-order valence-corrected chi connectivity index (χ3v) is 4.66. The molecule has 0 N–H and O–H groups in total. The van der Waals surface area contributed by atoms with E-state index in [0.717, 1.165) is 12.1 Å². The van der Waals surface area contributed by atoms with Gasteiger partial charge in [-0.1, -0.05) is 18.2 Å². The summed E-state index contributed by atoms with van der Waals surface area (Å²) in [4.78, 5) is 0. The van der Waals surface area contributed by atoms with Gasteiger partial charge in [0.2, 0.25) is 10.0 Å². The van der Waals surface area contributed by atoms with E-state index in [1.807, 2.05) is 0 Å². The van der Waals surface area contributed by atoms with Gasteiger partial charge in [0.15, 0.2) is 0 Å². The van der Waals surface area contributed by atoms with Gasteiger partial charge in [0, 0.05) is 0 Å². The zero-order chi connectivity index (χ0) is 12.7. The van der Waals surface area contributed by atoms with Crippen LogP contribution in [0.4, 0.5) is 18.9 Å². The largest absolute Gasteiger partial charge is 0.498 e. The Balaban J connectivity index is 2.47. The molecule has 1 fully saturated rings. The predicted molar refractivity (Wildman–Crippen MR) is 56.9 cm³/mol. The zero-order valence-electron chi connectivity index (χ0n) is 8.68. The first-order valence-electron chi connectivity index (χ1n) is 4.99. The second-order valence-electron chi connectivity index (χ2n) is 3.81. The van der Waals surface area contributed by atoms with Gasteiger partial charge in [-0.2, -0.15) is 4.31 Å². The van der Waals surface area contributed by atoms with E-state index >= 15 is 0 Å². The quantitative estimate of drug-likeness (QED) is 0.787. The van der Waals surface area contributed by atoms with Gasteiger partial charge in [0.05, 0.1) is 10.9 Å². The average molecular weight is 265 g/mol. The summed E-state index contributed by atoms with van der Waals surface area (Å²) in [6.07, 6.45) is -4.34. The molecule has 7 heteroatoms. The molecule has 0 aromatic heterocycles. The number of benzene rings is 1. The minimum Gasteiger partial charge on any atom is -0.206 e. The van der Waals surface area contributed by atoms with E-state index < -0.39 is 25.9 Å². The molecule has 1 saturated carbocycles. The van der Waals surface area contributed by atoms with Crippen LogP contribution in [0.2, 0.25) is 0 Å². The van der Waals surface area contributed by atoms with Crippen LogP contribution in [-0.2, 0) is 10.0 Å². The highest BCUT2D eigenvalue weighted by Gasteiger charge is 2.51. The Labute approximate surface area is 96.9 Å². The molecule has 0 aliphatic heterocycles. The van der Waals surface area contributed by atoms with Gasteiger partial charge >= 0.3 is 6.30 Å². The highest BCUT2D eigenvalue weighted by atomic mass is 32.2. The highest BCUT2D eigenvalue weighted by molar-refractivity contribution is 7.93. The maximum atomic E-state index is 12.8. The van der Waals surface area contributed by atoms with Crippen LogP contribution in [0.3, 0.4) is 0 Å². The average Bonchev–Trinajstić information content (AvgIpc) is 2.99. The van der Waals surface area contributed by atoms with E-state index in [-0.39, 0.29) is 5.69 Å². The number of anilines is 1. The van der Waals surface area contributed by atoms with E-state index in [1.165, 1.54) is 18.2 Å². The molecule has 0 unspecified atom stereocenters. The fraction of sp³-hybridized carbons (Fsp3) is 0.400. The molecule has 1 aromatic carbocycles. The Bertz CT molecular complexity index is 494. The van der Waals surface area contributed by atoms with E-state index in [4.69, 9.17) is 0 Å². The number of hydrogen-bond acceptors (Lipinski definition) is 2. The van der Waals surface area contributed by atoms with Crippen molar-refractivity contribution in [1.29, 1.82) is 0 Å². The molecule has 0 amide bonds. The topological polar surface area (TPSA) is 37.4 Å². The molecule has 17 heavy (non-hydrogen) atoms. The predicted octanol–water partition coefficient (Wildman–Crippen LogP) is 2.51. The summed E-state index contributed by atoms with van der Waals surface area (Å²) in [6, 6.07) is 6.54. The van der Waals surface area contributed by atoms with Crippen molar-refractivity contribution in [2.45, 2.75) is 24.4 Å². The fourth-order valence-electron chi connectivity index (χ4n) is 1.52. The molecule has 3 nitrogen and oxygen atoms in total. The van der Waals surface area contributed by atoms with Crippen LogP contribution < -0.4 is 4.31 Å². The van der Waals surface area contributed by atoms with E-state index in [1.54, 1.807) is 0 Å². The summed E-state index contributed by atoms with van der Waals surface area (Å²) in [7, 11) is -4.33. The van der Waals surface area contributed by atoms with E-state index in [2.05, 4.69) is 0 Å². The number of nitrogens with zero attached hydrogens (tertiary/aromatic N) is 1. The number of para-hydroxylation sites is 1. The first kappa shape index (κ1) is 12.2. The first-order valence-corrected chi connectivity index (χ1v) is 6.50. The monoisotopic (exact) mass is 265 g/mol. The molecule has 0 saturated heterocycles. The summed E-state index contributed by atoms with van der Waals surface area (Å²) in [5.74, 6) is 0. The van der Waals surface area contributed by atoms with Gasteiger partial charge < -0.3 is 0 Å². The Morgan fingerprint density at radius 3 is 2.06 bits per heavy atom. The Hall–Kier alpha value is -1.24. The van der Waals surface area contributed by atoms with Gasteiger partial charge in [0.25, 0.3) is 0 Å². The fourth-order valence-corrected chi connectivity index (χ4v) is 3.25. The third-order valence-electron chi connectivity index (χ3n) is 2.42. The lowest BCUT2D eigenvalue weighted by Gasteiger charge is -2.26. The van der Waals surface area contributed by atoms with Crippen LogP contribution in [0.15, 0.2) is 30.3 Å². The molecule has 0 bridgehead atoms. The molecule has 1 aliphatic carbocycles. The van der Waals surface area contributed by atoms with Gasteiger partial charge in [-0.3, -0.25) is 0 Å². The summed E-state index contributed by atoms with van der Waals surface area (Å²) >= 11 is 0. The molecule has 0 heterocycles. The van der Waals surface area contributed by atoms with E-state index in [9.17, 15) is 21.6 Å². The zero-order valence-corrected chi connectivity index (χ0v) is 9.50. The van der Waals surface area contributed by atoms with Gasteiger partial charge in [-0.25, -0.2) is 8.42 Å². The van der Waals surface area contributed by atoms with Crippen LogP contribution in [-0.4, -0.2) is 20.0 Å². The van der Waals surface area contributed by atoms with Gasteiger partial charge in [0.1, 0.15) is 0 Å². The normalized spacial score (nSPS) is 16.9. The SMILES string of the molecule is O=S(=O)(C1CC1)N(c1ccccc1)C(F)(F)F.